The Bertz CT molecular complexity index is 1590. The highest BCUT2D eigenvalue weighted by atomic mass is 35.5. The molecule has 1 aliphatic heterocycles. The van der Waals surface area contributed by atoms with E-state index in [-0.39, 0.29) is 76.6 Å². The van der Waals surface area contributed by atoms with Crippen molar-refractivity contribution in [2.75, 3.05) is 106 Å². The van der Waals surface area contributed by atoms with Crippen molar-refractivity contribution >= 4 is 44.9 Å². The second-order valence-electron chi connectivity index (χ2n) is 13.4. The molecule has 18 heteroatoms. The zero-order valence-corrected chi connectivity index (χ0v) is 35.3. The standard InChI is InChI=1S/C39H59Cl2N3O12S/c1-3-4-13-51-17-21-55-22-18-52-14-5-6-36(45)37(46)38(47)39(48)42-11-15-53-19-23-56-24-20-54-16-12-43-57(49,50)31-9-7-29(8-10-31)33-27-44(2)28-34-32(33)25-30(40)26-35(34)41/h7-10,25-26,33,37-38,43,46-47H,3-6,11-24,27-28H2,1-2H3,(H,42,48). The van der Waals surface area contributed by atoms with Gasteiger partial charge >= 0.3 is 0 Å². The van der Waals surface area contributed by atoms with Gasteiger partial charge in [0.15, 0.2) is 11.9 Å². The average molecular weight is 865 g/mol. The summed E-state index contributed by atoms with van der Waals surface area (Å²) in [7, 11) is -1.73. The van der Waals surface area contributed by atoms with Gasteiger partial charge in [-0.15, -0.1) is 0 Å². The van der Waals surface area contributed by atoms with E-state index in [2.05, 4.69) is 21.9 Å². The van der Waals surface area contributed by atoms with Crippen LogP contribution in [0.15, 0.2) is 41.3 Å². The number of nitrogens with one attached hydrogen (secondary N) is 2. The van der Waals surface area contributed by atoms with Gasteiger partial charge < -0.3 is 48.9 Å². The number of hydrogen-bond donors (Lipinski definition) is 4. The molecule has 1 amide bonds. The van der Waals surface area contributed by atoms with E-state index in [4.69, 9.17) is 51.6 Å². The number of aliphatic hydroxyl groups excluding tert-OH is 2. The van der Waals surface area contributed by atoms with Crippen LogP contribution in [0.3, 0.4) is 0 Å². The van der Waals surface area contributed by atoms with Crippen LogP contribution in [0.1, 0.15) is 55.2 Å². The van der Waals surface area contributed by atoms with Crippen molar-refractivity contribution in [3.8, 4) is 0 Å². The molecule has 3 unspecified atom stereocenters. The second kappa shape index (κ2) is 27.5. The maximum Gasteiger partial charge on any atom is 0.252 e. The van der Waals surface area contributed by atoms with E-state index >= 15 is 0 Å². The summed E-state index contributed by atoms with van der Waals surface area (Å²) in [5.41, 5.74) is 3.04. The van der Waals surface area contributed by atoms with Crippen molar-refractivity contribution in [2.45, 2.75) is 62.2 Å². The number of sulfonamides is 1. The largest absolute Gasteiger partial charge is 0.382 e. The van der Waals surface area contributed by atoms with E-state index in [1.165, 1.54) is 0 Å². The van der Waals surface area contributed by atoms with E-state index in [0.29, 0.717) is 49.4 Å². The Morgan fingerprint density at radius 1 is 0.789 bits per heavy atom. The first-order valence-corrected chi connectivity index (χ1v) is 21.6. The summed E-state index contributed by atoms with van der Waals surface area (Å²) in [5, 5.41) is 23.7. The van der Waals surface area contributed by atoms with E-state index in [9.17, 15) is 28.2 Å². The molecule has 0 aromatic heterocycles. The number of amides is 1. The molecule has 57 heavy (non-hydrogen) atoms. The topological polar surface area (TPSA) is 191 Å². The van der Waals surface area contributed by atoms with Crippen LogP contribution in [0, 0.1) is 0 Å². The summed E-state index contributed by atoms with van der Waals surface area (Å²) in [4.78, 5) is 26.6. The maximum absolute atomic E-state index is 12.9. The predicted molar refractivity (Wildman–Crippen MR) is 215 cm³/mol. The summed E-state index contributed by atoms with van der Waals surface area (Å²) in [6, 6.07) is 10.5. The molecule has 0 spiro atoms. The van der Waals surface area contributed by atoms with Gasteiger partial charge in [0, 0.05) is 61.8 Å². The van der Waals surface area contributed by atoms with Crippen LogP contribution >= 0.6 is 23.2 Å². The van der Waals surface area contributed by atoms with Gasteiger partial charge in [0.25, 0.3) is 5.91 Å². The number of halogens is 2. The lowest BCUT2D eigenvalue weighted by atomic mass is 9.85. The van der Waals surface area contributed by atoms with E-state index < -0.39 is 33.9 Å². The lowest BCUT2D eigenvalue weighted by molar-refractivity contribution is -0.145. The fraction of sp³-hybridized carbons (Fsp3) is 0.641. The number of rotatable bonds is 31. The van der Waals surface area contributed by atoms with Gasteiger partial charge in [0.05, 0.1) is 71.0 Å². The number of carbonyl (C=O) groups excluding carboxylic acids is 2. The van der Waals surface area contributed by atoms with E-state index in [1.807, 2.05) is 25.2 Å². The summed E-state index contributed by atoms with van der Waals surface area (Å²) < 4.78 is 60.7. The zero-order chi connectivity index (χ0) is 41.5. The molecule has 1 aliphatic rings. The number of nitrogens with zero attached hydrogens (tertiary/aromatic N) is 1. The smallest absolute Gasteiger partial charge is 0.252 e. The third-order valence-electron chi connectivity index (χ3n) is 8.91. The SMILES string of the molecule is CCCCOCCOCCOCCCC(=O)C(O)C(O)C(=O)NCCOCCOCCOCCNS(=O)(=O)c1ccc(C2CN(C)Cc3c(Cl)cc(Cl)cc32)cc1. The van der Waals surface area contributed by atoms with E-state index in [0.717, 1.165) is 42.7 Å². The Balaban J connectivity index is 1.16. The second-order valence-corrected chi connectivity index (χ2v) is 16.1. The number of likely N-dealkylation sites (N-methyl/N-ethyl adjacent to an activating group) is 1. The van der Waals surface area contributed by atoms with Gasteiger partial charge in [-0.05, 0) is 60.8 Å². The number of benzene rings is 2. The third kappa shape index (κ3) is 18.2. The predicted octanol–water partition coefficient (Wildman–Crippen LogP) is 2.94. The van der Waals surface area contributed by atoms with Crippen molar-refractivity contribution in [2.24, 2.45) is 0 Å². The van der Waals surface area contributed by atoms with Crippen LogP contribution in [-0.2, 0) is 54.6 Å². The van der Waals surface area contributed by atoms with E-state index in [1.54, 1.807) is 18.2 Å². The number of ether oxygens (including phenoxy) is 6. The van der Waals surface area contributed by atoms with Crippen molar-refractivity contribution in [3.63, 3.8) is 0 Å². The van der Waals surface area contributed by atoms with Gasteiger partial charge in [-0.3, -0.25) is 9.59 Å². The average Bonchev–Trinajstić information content (AvgIpc) is 3.19. The molecule has 322 valence electrons. The normalized spacial score (nSPS) is 15.6. The van der Waals surface area contributed by atoms with Crippen LogP contribution in [0.2, 0.25) is 10.0 Å². The highest BCUT2D eigenvalue weighted by molar-refractivity contribution is 7.89. The summed E-state index contributed by atoms with van der Waals surface area (Å²) in [6.45, 7) is 7.72. The minimum Gasteiger partial charge on any atom is -0.382 e. The van der Waals surface area contributed by atoms with Gasteiger partial charge in [0.1, 0.15) is 6.10 Å². The summed E-state index contributed by atoms with van der Waals surface area (Å²) >= 11 is 12.8. The quantitative estimate of drug-likeness (QED) is 0.0811. The minimum atomic E-state index is -3.74. The molecule has 0 fully saturated rings. The summed E-state index contributed by atoms with van der Waals surface area (Å²) in [5.74, 6) is -1.54. The molecule has 4 N–H and O–H groups in total. The lowest BCUT2D eigenvalue weighted by Gasteiger charge is -2.33. The van der Waals surface area contributed by atoms with Crippen LogP contribution < -0.4 is 10.0 Å². The Morgan fingerprint density at radius 3 is 1.93 bits per heavy atom. The fourth-order valence-electron chi connectivity index (χ4n) is 5.84. The van der Waals surface area contributed by atoms with Crippen molar-refractivity contribution in [1.29, 1.82) is 0 Å². The van der Waals surface area contributed by atoms with Crippen LogP contribution in [-0.4, -0.2) is 153 Å². The first-order chi connectivity index (χ1) is 27.4. The van der Waals surface area contributed by atoms with Gasteiger partial charge in [-0.2, -0.15) is 0 Å². The number of Topliss-reactive ketones (excluding diaryl/α,β-unsaturated/α-hetero) is 1. The molecule has 2 aromatic carbocycles. The number of unbranched alkanes of at least 4 members (excludes halogenated alkanes) is 1. The molecular weight excluding hydrogens is 805 g/mol. The number of aliphatic hydroxyl groups is 2. The molecule has 2 aromatic rings. The minimum absolute atomic E-state index is 0.000343. The molecule has 3 atom stereocenters. The molecule has 0 radical (unpaired) electrons. The number of ketones is 1. The molecule has 1 heterocycles. The number of hydrogen-bond acceptors (Lipinski definition) is 13. The zero-order valence-electron chi connectivity index (χ0n) is 32.9. The van der Waals surface area contributed by atoms with Crippen molar-refractivity contribution in [1.82, 2.24) is 14.9 Å². The first kappa shape index (κ1) is 49.1. The Kier molecular flexibility index (Phi) is 23.6. The van der Waals surface area contributed by atoms with Gasteiger partial charge in [-0.1, -0.05) is 48.7 Å². The molecule has 15 nitrogen and oxygen atoms in total. The maximum atomic E-state index is 12.9. The first-order valence-electron chi connectivity index (χ1n) is 19.3. The number of carbonyl (C=O) groups is 2. The van der Waals surface area contributed by atoms with Crippen molar-refractivity contribution in [3.05, 3.63) is 63.1 Å². The Hall–Kier alpha value is -2.29. The van der Waals surface area contributed by atoms with Crippen LogP contribution in [0.25, 0.3) is 0 Å². The Morgan fingerprint density at radius 2 is 1.33 bits per heavy atom. The monoisotopic (exact) mass is 863 g/mol. The highest BCUT2D eigenvalue weighted by Gasteiger charge is 2.30. The fourth-order valence-corrected chi connectivity index (χ4v) is 7.42. The third-order valence-corrected chi connectivity index (χ3v) is 10.9. The highest BCUT2D eigenvalue weighted by Crippen LogP contribution is 2.38. The van der Waals surface area contributed by atoms with Crippen LogP contribution in [0.5, 0.6) is 0 Å². The molecule has 0 aliphatic carbocycles. The molecule has 0 saturated heterocycles. The van der Waals surface area contributed by atoms with Gasteiger partial charge in [0.2, 0.25) is 10.0 Å². The number of fused-ring (bicyclic) bond motifs is 1. The molecule has 3 rings (SSSR count). The van der Waals surface area contributed by atoms with Crippen molar-refractivity contribution < 1.29 is 56.6 Å². The Labute approximate surface area is 346 Å². The molecule has 0 bridgehead atoms. The van der Waals surface area contributed by atoms with Gasteiger partial charge in [-0.25, -0.2) is 13.1 Å². The molecule has 0 saturated carbocycles. The van der Waals surface area contributed by atoms with Crippen LogP contribution in [0.4, 0.5) is 0 Å². The summed E-state index contributed by atoms with van der Waals surface area (Å²) in [6.07, 6.45) is -1.36. The lowest BCUT2D eigenvalue weighted by Crippen LogP contribution is -2.46. The molecular formula is C39H59Cl2N3O12S.